The SMILES string of the molecule is Cc1ccc(S(=O)(=O)O)cc1.OCCON(CCCl)CCCl. The maximum absolute atomic E-state index is 10.5. The van der Waals surface area contributed by atoms with E-state index in [9.17, 15) is 8.42 Å². The van der Waals surface area contributed by atoms with Crippen molar-refractivity contribution in [1.29, 1.82) is 0 Å². The van der Waals surface area contributed by atoms with Gasteiger partial charge in [-0.2, -0.15) is 13.5 Å². The van der Waals surface area contributed by atoms with Gasteiger partial charge in [-0.3, -0.25) is 9.39 Å². The third-order valence-corrected chi connectivity index (χ3v) is 3.56. The Bertz CT molecular complexity index is 490. The van der Waals surface area contributed by atoms with Crippen molar-refractivity contribution in [3.05, 3.63) is 29.8 Å². The van der Waals surface area contributed by atoms with E-state index in [0.29, 0.717) is 31.5 Å². The van der Waals surface area contributed by atoms with Crippen LogP contribution in [-0.2, 0) is 15.0 Å². The molecular formula is C13H21Cl2NO5S. The lowest BCUT2D eigenvalue weighted by molar-refractivity contribution is -0.158. The summed E-state index contributed by atoms with van der Waals surface area (Å²) < 4.78 is 29.6. The molecule has 128 valence electrons. The highest BCUT2D eigenvalue weighted by atomic mass is 35.5. The highest BCUT2D eigenvalue weighted by Gasteiger charge is 2.06. The second kappa shape index (κ2) is 12.1. The lowest BCUT2D eigenvalue weighted by atomic mass is 10.2. The van der Waals surface area contributed by atoms with Crippen LogP contribution < -0.4 is 0 Å². The van der Waals surface area contributed by atoms with Gasteiger partial charge < -0.3 is 5.11 Å². The molecule has 0 unspecified atom stereocenters. The summed E-state index contributed by atoms with van der Waals surface area (Å²) in [5.41, 5.74) is 0.956. The minimum Gasteiger partial charge on any atom is -0.394 e. The number of alkyl halides is 2. The van der Waals surface area contributed by atoms with Crippen molar-refractivity contribution in [3.63, 3.8) is 0 Å². The highest BCUT2D eigenvalue weighted by Crippen LogP contribution is 2.08. The Morgan fingerprint density at radius 2 is 1.64 bits per heavy atom. The van der Waals surface area contributed by atoms with Gasteiger partial charge in [0.2, 0.25) is 0 Å². The number of hydrogen-bond donors (Lipinski definition) is 2. The standard InChI is InChI=1S/C7H8O3S.C6H13Cl2NO2/c1-6-2-4-7(5-3-6)11(8,9)10;7-1-3-9(4-2-8)11-6-5-10/h2-5H,1H3,(H,8,9,10);10H,1-6H2. The molecule has 0 aliphatic heterocycles. The lowest BCUT2D eigenvalue weighted by Gasteiger charge is -2.18. The van der Waals surface area contributed by atoms with Crippen molar-refractivity contribution in [2.24, 2.45) is 0 Å². The number of rotatable bonds is 8. The Kier molecular flexibility index (Phi) is 11.8. The Balaban J connectivity index is 0.000000401. The summed E-state index contributed by atoms with van der Waals surface area (Å²) >= 11 is 11.0. The van der Waals surface area contributed by atoms with Gasteiger partial charge >= 0.3 is 0 Å². The van der Waals surface area contributed by atoms with Gasteiger partial charge in [0.25, 0.3) is 10.1 Å². The molecule has 22 heavy (non-hydrogen) atoms. The quantitative estimate of drug-likeness (QED) is 0.411. The second-order valence-corrected chi connectivity index (χ2v) is 6.33. The van der Waals surface area contributed by atoms with Crippen molar-refractivity contribution in [3.8, 4) is 0 Å². The average Bonchev–Trinajstić information content (AvgIpc) is 2.45. The number of halogens is 2. The maximum atomic E-state index is 10.5. The predicted molar refractivity (Wildman–Crippen MR) is 87.0 cm³/mol. The van der Waals surface area contributed by atoms with Gasteiger partial charge in [0.05, 0.1) is 18.1 Å². The van der Waals surface area contributed by atoms with Crippen LogP contribution in [0.15, 0.2) is 29.2 Å². The molecule has 0 aromatic heterocycles. The van der Waals surface area contributed by atoms with Crippen LogP contribution in [0, 0.1) is 6.92 Å². The van der Waals surface area contributed by atoms with E-state index in [-0.39, 0.29) is 11.5 Å². The van der Waals surface area contributed by atoms with E-state index in [2.05, 4.69) is 0 Å². The number of aliphatic hydroxyl groups is 1. The number of hydrogen-bond acceptors (Lipinski definition) is 5. The van der Waals surface area contributed by atoms with Gasteiger partial charge in [-0.25, -0.2) is 0 Å². The van der Waals surface area contributed by atoms with E-state index in [1.54, 1.807) is 17.2 Å². The van der Waals surface area contributed by atoms with Crippen LogP contribution in [0.5, 0.6) is 0 Å². The van der Waals surface area contributed by atoms with Gasteiger partial charge in [0.1, 0.15) is 0 Å². The van der Waals surface area contributed by atoms with Crippen molar-refractivity contribution < 1.29 is 22.9 Å². The van der Waals surface area contributed by atoms with E-state index >= 15 is 0 Å². The molecule has 0 bridgehead atoms. The first kappa shape index (κ1) is 21.6. The van der Waals surface area contributed by atoms with Crippen LogP contribution in [0.2, 0.25) is 0 Å². The van der Waals surface area contributed by atoms with Gasteiger partial charge in [-0.05, 0) is 19.1 Å². The van der Waals surface area contributed by atoms with Gasteiger partial charge in [-0.1, -0.05) is 17.7 Å². The average molecular weight is 374 g/mol. The van der Waals surface area contributed by atoms with Crippen LogP contribution >= 0.6 is 23.2 Å². The Labute approximate surface area is 141 Å². The first-order chi connectivity index (χ1) is 10.3. The molecular weight excluding hydrogens is 353 g/mol. The second-order valence-electron chi connectivity index (χ2n) is 4.15. The van der Waals surface area contributed by atoms with Crippen molar-refractivity contribution in [1.82, 2.24) is 5.06 Å². The molecule has 0 amide bonds. The molecule has 0 spiro atoms. The summed E-state index contributed by atoms with van der Waals surface area (Å²) in [5, 5.41) is 10.1. The van der Waals surface area contributed by atoms with Crippen LogP contribution in [0.25, 0.3) is 0 Å². The minimum absolute atomic E-state index is 0.0150. The predicted octanol–water partition coefficient (Wildman–Crippen LogP) is 1.93. The summed E-state index contributed by atoms with van der Waals surface area (Å²) in [7, 11) is -4.02. The van der Waals surface area contributed by atoms with Crippen LogP contribution in [0.4, 0.5) is 0 Å². The summed E-state index contributed by atoms with van der Waals surface area (Å²) in [5.74, 6) is 1.00. The Hall–Kier alpha value is -0.410. The largest absolute Gasteiger partial charge is 0.394 e. The van der Waals surface area contributed by atoms with Crippen molar-refractivity contribution in [2.45, 2.75) is 11.8 Å². The van der Waals surface area contributed by atoms with E-state index in [4.69, 9.17) is 37.7 Å². The zero-order valence-electron chi connectivity index (χ0n) is 12.3. The number of benzene rings is 1. The Morgan fingerprint density at radius 1 is 1.14 bits per heavy atom. The molecule has 0 fully saturated rings. The minimum atomic E-state index is -4.02. The molecule has 1 rings (SSSR count). The number of aryl methyl sites for hydroxylation is 1. The monoisotopic (exact) mass is 373 g/mol. The smallest absolute Gasteiger partial charge is 0.294 e. The zero-order chi connectivity index (χ0) is 17.0. The summed E-state index contributed by atoms with van der Waals surface area (Å²) in [6, 6.07) is 5.99. The molecule has 0 atom stereocenters. The Morgan fingerprint density at radius 3 is 2.00 bits per heavy atom. The van der Waals surface area contributed by atoms with Gasteiger partial charge in [0.15, 0.2) is 0 Å². The molecule has 0 radical (unpaired) electrons. The number of aliphatic hydroxyl groups excluding tert-OH is 1. The molecule has 2 N–H and O–H groups in total. The fourth-order valence-electron chi connectivity index (χ4n) is 1.31. The van der Waals surface area contributed by atoms with E-state index in [1.807, 2.05) is 6.92 Å². The van der Waals surface area contributed by atoms with Crippen molar-refractivity contribution in [2.75, 3.05) is 38.1 Å². The molecule has 0 aliphatic carbocycles. The van der Waals surface area contributed by atoms with E-state index in [0.717, 1.165) is 5.56 Å². The first-order valence-corrected chi connectivity index (χ1v) is 9.00. The van der Waals surface area contributed by atoms with Crippen LogP contribution in [-0.4, -0.2) is 61.2 Å². The molecule has 9 heteroatoms. The topological polar surface area (TPSA) is 87.1 Å². The van der Waals surface area contributed by atoms with Gasteiger partial charge in [0, 0.05) is 24.8 Å². The van der Waals surface area contributed by atoms with Gasteiger partial charge in [-0.15, -0.1) is 23.2 Å². The molecule has 0 saturated carbocycles. The molecule has 0 saturated heterocycles. The molecule has 0 aliphatic rings. The first-order valence-electron chi connectivity index (χ1n) is 6.50. The third kappa shape index (κ3) is 10.3. The van der Waals surface area contributed by atoms with E-state index < -0.39 is 10.1 Å². The summed E-state index contributed by atoms with van der Waals surface area (Å²) in [6.45, 7) is 3.42. The summed E-state index contributed by atoms with van der Waals surface area (Å²) in [6.07, 6.45) is 0. The molecule has 6 nitrogen and oxygen atoms in total. The maximum Gasteiger partial charge on any atom is 0.294 e. The molecule has 1 aromatic rings. The molecule has 1 aromatic carbocycles. The summed E-state index contributed by atoms with van der Waals surface area (Å²) in [4.78, 5) is 5.02. The van der Waals surface area contributed by atoms with Crippen molar-refractivity contribution >= 4 is 33.3 Å². The van der Waals surface area contributed by atoms with E-state index in [1.165, 1.54) is 12.1 Å². The third-order valence-electron chi connectivity index (χ3n) is 2.35. The van der Waals surface area contributed by atoms with Crippen LogP contribution in [0.1, 0.15) is 5.56 Å². The fraction of sp³-hybridized carbons (Fsp3) is 0.538. The molecule has 0 heterocycles. The highest BCUT2D eigenvalue weighted by molar-refractivity contribution is 7.85. The zero-order valence-corrected chi connectivity index (χ0v) is 14.6. The lowest BCUT2D eigenvalue weighted by Crippen LogP contribution is -2.29. The normalized spacial score (nSPS) is 11.2. The number of nitrogens with zero attached hydrogens (tertiary/aromatic N) is 1. The number of hydroxylamine groups is 2. The fourth-order valence-corrected chi connectivity index (χ4v) is 2.17. The van der Waals surface area contributed by atoms with Crippen LogP contribution in [0.3, 0.4) is 0 Å².